The fourth-order valence-electron chi connectivity index (χ4n) is 7.20. The second kappa shape index (κ2) is 14.8. The molecule has 2 aliphatic rings. The first-order chi connectivity index (χ1) is 22.4. The molecule has 47 heavy (non-hydrogen) atoms. The quantitative estimate of drug-likeness (QED) is 0.201. The fourth-order valence-corrected chi connectivity index (χ4v) is 8.05. The Kier molecular flexibility index (Phi) is 11.0. The lowest BCUT2D eigenvalue weighted by molar-refractivity contribution is 0.162. The second-order valence-corrected chi connectivity index (χ2v) is 14.0. The monoisotopic (exact) mass is 680 g/mol. The van der Waals surface area contributed by atoms with E-state index in [2.05, 4.69) is 61.6 Å². The number of nitrogens with zero attached hydrogens (tertiary/aromatic N) is 5. The Bertz CT molecular complexity index is 1740. The first kappa shape index (κ1) is 35.0. The standard InChI is InChI=1S/C22H32ClN3O.C15H18ClN3O/c1-6-9-17(10-7-2)27-22-18-11-8-12-26(21(18)24-25(22)5)20-16(4)13-15(3)14-19(20)23;1-9-7-10(2)13(12(16)8-9)19-6-4-5-11-14(19)17-18(3)15(11)20/h13-14,17H,6-12H2,1-5H3;7-8,17H,4-6H2,1-3H3. The number of ether oxygens (including phenoxy) is 1. The molecule has 0 amide bonds. The minimum absolute atomic E-state index is 0.0607. The van der Waals surface area contributed by atoms with Gasteiger partial charge in [-0.15, -0.1) is 0 Å². The molecule has 0 saturated carbocycles. The number of nitrogens with one attached hydrogen (secondary N) is 1. The minimum Gasteiger partial charge on any atom is -0.474 e. The van der Waals surface area contributed by atoms with Gasteiger partial charge in [0.1, 0.15) is 11.9 Å². The van der Waals surface area contributed by atoms with Crippen molar-refractivity contribution in [2.24, 2.45) is 14.1 Å². The lowest BCUT2D eigenvalue weighted by Crippen LogP contribution is -2.27. The Morgan fingerprint density at radius 3 is 1.91 bits per heavy atom. The maximum Gasteiger partial charge on any atom is 0.271 e. The van der Waals surface area contributed by atoms with Crippen LogP contribution in [0.4, 0.5) is 23.0 Å². The summed E-state index contributed by atoms with van der Waals surface area (Å²) < 4.78 is 9.93. The Hall–Kier alpha value is -3.36. The van der Waals surface area contributed by atoms with Crippen molar-refractivity contribution in [3.63, 3.8) is 0 Å². The summed E-state index contributed by atoms with van der Waals surface area (Å²) in [6, 6.07) is 8.32. The molecule has 0 bridgehead atoms. The van der Waals surface area contributed by atoms with Crippen LogP contribution >= 0.6 is 23.2 Å². The van der Waals surface area contributed by atoms with Crippen molar-refractivity contribution in [1.82, 2.24) is 19.6 Å². The van der Waals surface area contributed by atoms with Gasteiger partial charge in [-0.05, 0) is 101 Å². The average Bonchev–Trinajstić information content (AvgIpc) is 3.48. The highest BCUT2D eigenvalue weighted by molar-refractivity contribution is 6.34. The number of hydrogen-bond acceptors (Lipinski definition) is 5. The molecule has 2 aliphatic heterocycles. The Morgan fingerprint density at radius 2 is 1.36 bits per heavy atom. The van der Waals surface area contributed by atoms with E-state index in [1.54, 1.807) is 11.7 Å². The van der Waals surface area contributed by atoms with Crippen LogP contribution in [0.25, 0.3) is 0 Å². The van der Waals surface area contributed by atoms with Gasteiger partial charge in [0.2, 0.25) is 5.88 Å². The minimum atomic E-state index is 0.0607. The van der Waals surface area contributed by atoms with E-state index < -0.39 is 0 Å². The smallest absolute Gasteiger partial charge is 0.271 e. The van der Waals surface area contributed by atoms with E-state index in [4.69, 9.17) is 33.0 Å². The van der Waals surface area contributed by atoms with Crippen LogP contribution in [0.5, 0.6) is 5.88 Å². The van der Waals surface area contributed by atoms with Gasteiger partial charge in [-0.2, -0.15) is 5.10 Å². The second-order valence-electron chi connectivity index (χ2n) is 13.2. The summed E-state index contributed by atoms with van der Waals surface area (Å²) in [5, 5.41) is 9.53. The molecule has 0 radical (unpaired) electrons. The number of benzene rings is 2. The maximum atomic E-state index is 12.1. The molecule has 2 aromatic heterocycles. The molecule has 4 aromatic rings. The number of hydrogen-bond donors (Lipinski definition) is 1. The number of H-pyrrole nitrogens is 1. The Labute approximate surface area is 289 Å². The first-order valence-corrected chi connectivity index (χ1v) is 17.8. The number of halogens is 2. The molecule has 0 fully saturated rings. The van der Waals surface area contributed by atoms with Crippen LogP contribution in [0.1, 0.15) is 85.8 Å². The highest BCUT2D eigenvalue weighted by Gasteiger charge is 2.30. The van der Waals surface area contributed by atoms with Crippen LogP contribution in [-0.2, 0) is 26.9 Å². The van der Waals surface area contributed by atoms with Crippen molar-refractivity contribution in [3.8, 4) is 5.88 Å². The van der Waals surface area contributed by atoms with Gasteiger partial charge in [0.05, 0.1) is 32.5 Å². The summed E-state index contributed by atoms with van der Waals surface area (Å²) in [6.07, 6.45) is 8.56. The molecule has 1 N–H and O–H groups in total. The largest absolute Gasteiger partial charge is 0.474 e. The molecule has 10 heteroatoms. The summed E-state index contributed by atoms with van der Waals surface area (Å²) >= 11 is 13.1. The lowest BCUT2D eigenvalue weighted by atomic mass is 10.0. The summed E-state index contributed by atoms with van der Waals surface area (Å²) in [5.74, 6) is 2.82. The molecule has 2 aromatic carbocycles. The zero-order valence-electron chi connectivity index (χ0n) is 29.3. The van der Waals surface area contributed by atoms with Crippen molar-refractivity contribution in [1.29, 1.82) is 0 Å². The first-order valence-electron chi connectivity index (χ1n) is 17.0. The van der Waals surface area contributed by atoms with Crippen LogP contribution in [-0.4, -0.2) is 38.8 Å². The van der Waals surface area contributed by atoms with E-state index >= 15 is 0 Å². The van der Waals surface area contributed by atoms with Crippen LogP contribution in [0.3, 0.4) is 0 Å². The Balaban J connectivity index is 0.000000193. The third-order valence-electron chi connectivity index (χ3n) is 9.17. The zero-order valence-corrected chi connectivity index (χ0v) is 30.8. The number of anilines is 4. The predicted molar refractivity (Wildman–Crippen MR) is 196 cm³/mol. The Morgan fingerprint density at radius 1 is 0.830 bits per heavy atom. The number of aromatic amines is 1. The summed E-state index contributed by atoms with van der Waals surface area (Å²) in [4.78, 5) is 16.5. The summed E-state index contributed by atoms with van der Waals surface area (Å²) in [7, 11) is 3.74. The van der Waals surface area contributed by atoms with E-state index in [9.17, 15) is 4.79 Å². The van der Waals surface area contributed by atoms with Crippen LogP contribution in [0.15, 0.2) is 29.1 Å². The SMILES string of the molecule is CCCC(CCC)Oc1c2c(nn1C)N(c1c(C)cc(C)cc1Cl)CCC2.Cc1cc(C)c(N2CCCc3c2[nH]n(C)c3=O)c(Cl)c1. The molecule has 6 rings (SSSR count). The molecule has 4 heterocycles. The van der Waals surface area contributed by atoms with Crippen molar-refractivity contribution in [3.05, 3.63) is 78.0 Å². The normalized spacial score (nSPS) is 14.2. The van der Waals surface area contributed by atoms with E-state index in [-0.39, 0.29) is 11.7 Å². The molecule has 0 unspecified atom stereocenters. The summed E-state index contributed by atoms with van der Waals surface area (Å²) in [6.45, 7) is 14.5. The van der Waals surface area contributed by atoms with Gasteiger partial charge in [-0.1, -0.05) is 62.0 Å². The van der Waals surface area contributed by atoms with E-state index in [1.807, 2.05) is 30.8 Å². The molecular weight excluding hydrogens is 631 g/mol. The van der Waals surface area contributed by atoms with Crippen molar-refractivity contribution < 1.29 is 4.74 Å². The fraction of sp³-hybridized carbons (Fsp3) is 0.514. The van der Waals surface area contributed by atoms with Gasteiger partial charge in [-0.25, -0.2) is 4.68 Å². The molecule has 254 valence electrons. The van der Waals surface area contributed by atoms with Gasteiger partial charge >= 0.3 is 0 Å². The molecule has 0 spiro atoms. The number of aromatic nitrogens is 4. The highest BCUT2D eigenvalue weighted by Crippen LogP contribution is 2.43. The third kappa shape index (κ3) is 7.24. The highest BCUT2D eigenvalue weighted by atomic mass is 35.5. The maximum absolute atomic E-state index is 12.1. The van der Waals surface area contributed by atoms with Gasteiger partial charge in [0.25, 0.3) is 5.56 Å². The van der Waals surface area contributed by atoms with E-state index in [0.717, 1.165) is 120 Å². The van der Waals surface area contributed by atoms with Crippen molar-refractivity contribution in [2.75, 3.05) is 22.9 Å². The average molecular weight is 682 g/mol. The molecule has 0 atom stereocenters. The summed E-state index contributed by atoms with van der Waals surface area (Å²) in [5.41, 5.74) is 8.87. The number of rotatable bonds is 8. The van der Waals surface area contributed by atoms with Crippen LogP contribution < -0.4 is 20.1 Å². The van der Waals surface area contributed by atoms with Gasteiger partial charge < -0.3 is 14.5 Å². The molecule has 0 saturated heterocycles. The topological polar surface area (TPSA) is 71.3 Å². The molecule has 0 aliphatic carbocycles. The van der Waals surface area contributed by atoms with E-state index in [1.165, 1.54) is 16.7 Å². The number of fused-ring (bicyclic) bond motifs is 2. The van der Waals surface area contributed by atoms with E-state index in [0.29, 0.717) is 0 Å². The van der Waals surface area contributed by atoms with Gasteiger partial charge in [0.15, 0.2) is 5.82 Å². The van der Waals surface area contributed by atoms with Crippen molar-refractivity contribution in [2.45, 2.75) is 99.0 Å². The molecular formula is C37H50Cl2N6O2. The van der Waals surface area contributed by atoms with Crippen LogP contribution in [0, 0.1) is 27.7 Å². The van der Waals surface area contributed by atoms with Gasteiger partial charge in [0, 0.05) is 27.2 Å². The van der Waals surface area contributed by atoms with Crippen molar-refractivity contribution >= 4 is 46.2 Å². The number of aryl methyl sites for hydroxylation is 6. The van der Waals surface area contributed by atoms with Crippen LogP contribution in [0.2, 0.25) is 10.0 Å². The van der Waals surface area contributed by atoms with Gasteiger partial charge in [-0.3, -0.25) is 14.6 Å². The lowest BCUT2D eigenvalue weighted by Gasteiger charge is -2.30. The molecule has 8 nitrogen and oxygen atoms in total. The third-order valence-corrected chi connectivity index (χ3v) is 9.74. The predicted octanol–water partition coefficient (Wildman–Crippen LogP) is 9.19. The zero-order chi connectivity index (χ0) is 34.0.